The van der Waals surface area contributed by atoms with Crippen molar-refractivity contribution in [3.05, 3.63) is 33.4 Å². The van der Waals surface area contributed by atoms with Gasteiger partial charge in [-0.2, -0.15) is 0 Å². The first-order valence-corrected chi connectivity index (χ1v) is 7.85. The van der Waals surface area contributed by atoms with E-state index in [1.54, 1.807) is 0 Å². The van der Waals surface area contributed by atoms with Crippen LogP contribution >= 0.6 is 22.6 Å². The van der Waals surface area contributed by atoms with Crippen LogP contribution in [0.25, 0.3) is 0 Å². The molecule has 1 aliphatic heterocycles. The summed E-state index contributed by atoms with van der Waals surface area (Å²) in [6.07, 6.45) is 3.50. The SMILES string of the molecule is CCCNCC1(Cc2ccc(I)cc2)CCOC1. The summed E-state index contributed by atoms with van der Waals surface area (Å²) in [5, 5.41) is 3.57. The molecular weight excluding hydrogens is 337 g/mol. The van der Waals surface area contributed by atoms with Gasteiger partial charge in [-0.15, -0.1) is 0 Å². The molecule has 1 saturated heterocycles. The molecule has 0 aliphatic carbocycles. The third kappa shape index (κ3) is 3.93. The Morgan fingerprint density at radius 2 is 2.11 bits per heavy atom. The van der Waals surface area contributed by atoms with Gasteiger partial charge in [-0.25, -0.2) is 0 Å². The van der Waals surface area contributed by atoms with Gasteiger partial charge in [-0.3, -0.25) is 0 Å². The number of rotatable bonds is 6. The molecule has 0 bridgehead atoms. The van der Waals surface area contributed by atoms with Crippen LogP contribution in [0.1, 0.15) is 25.3 Å². The van der Waals surface area contributed by atoms with E-state index in [0.29, 0.717) is 5.41 Å². The Morgan fingerprint density at radius 3 is 2.72 bits per heavy atom. The van der Waals surface area contributed by atoms with E-state index in [9.17, 15) is 0 Å². The Morgan fingerprint density at radius 1 is 1.33 bits per heavy atom. The number of ether oxygens (including phenoxy) is 1. The summed E-state index contributed by atoms with van der Waals surface area (Å²) in [4.78, 5) is 0. The molecule has 1 N–H and O–H groups in total. The van der Waals surface area contributed by atoms with E-state index >= 15 is 0 Å². The molecule has 2 nitrogen and oxygen atoms in total. The molecule has 1 atom stereocenters. The Labute approximate surface area is 124 Å². The molecule has 2 rings (SSSR count). The molecule has 0 radical (unpaired) electrons. The topological polar surface area (TPSA) is 21.3 Å². The van der Waals surface area contributed by atoms with Crippen LogP contribution in [0.5, 0.6) is 0 Å². The zero-order valence-corrected chi connectivity index (χ0v) is 13.2. The summed E-state index contributed by atoms with van der Waals surface area (Å²) < 4.78 is 6.95. The molecule has 1 aromatic carbocycles. The highest BCUT2D eigenvalue weighted by Crippen LogP contribution is 2.32. The molecule has 0 saturated carbocycles. The highest BCUT2D eigenvalue weighted by Gasteiger charge is 2.34. The summed E-state index contributed by atoms with van der Waals surface area (Å²) >= 11 is 2.36. The largest absolute Gasteiger partial charge is 0.381 e. The van der Waals surface area contributed by atoms with E-state index in [1.807, 2.05) is 0 Å². The Hall–Kier alpha value is -0.130. The Bertz CT molecular complexity index is 357. The van der Waals surface area contributed by atoms with Gasteiger partial charge in [0, 0.05) is 22.1 Å². The number of halogens is 1. The molecule has 3 heteroatoms. The molecule has 1 aromatic rings. The predicted octanol–water partition coefficient (Wildman–Crippen LogP) is 3.24. The fraction of sp³-hybridized carbons (Fsp3) is 0.600. The van der Waals surface area contributed by atoms with E-state index in [0.717, 1.165) is 32.7 Å². The molecule has 0 aromatic heterocycles. The summed E-state index contributed by atoms with van der Waals surface area (Å²) in [5.41, 5.74) is 1.74. The van der Waals surface area contributed by atoms with Crippen LogP contribution in [-0.2, 0) is 11.2 Å². The quantitative estimate of drug-likeness (QED) is 0.622. The van der Waals surface area contributed by atoms with Crippen molar-refractivity contribution in [1.29, 1.82) is 0 Å². The highest BCUT2D eigenvalue weighted by atomic mass is 127. The van der Waals surface area contributed by atoms with Crippen molar-refractivity contribution in [3.63, 3.8) is 0 Å². The van der Waals surface area contributed by atoms with Crippen molar-refractivity contribution < 1.29 is 4.74 Å². The van der Waals surface area contributed by atoms with E-state index in [2.05, 4.69) is 59.1 Å². The highest BCUT2D eigenvalue weighted by molar-refractivity contribution is 14.1. The third-order valence-corrected chi connectivity index (χ3v) is 4.32. The van der Waals surface area contributed by atoms with Crippen LogP contribution in [0.2, 0.25) is 0 Å². The van der Waals surface area contributed by atoms with Crippen molar-refractivity contribution in [2.75, 3.05) is 26.3 Å². The van der Waals surface area contributed by atoms with Gasteiger partial charge in [0.2, 0.25) is 0 Å². The maximum atomic E-state index is 5.65. The first kappa shape index (κ1) is 14.3. The van der Waals surface area contributed by atoms with Gasteiger partial charge in [-0.1, -0.05) is 19.1 Å². The zero-order chi connectivity index (χ0) is 12.8. The minimum absolute atomic E-state index is 0.307. The molecule has 100 valence electrons. The third-order valence-electron chi connectivity index (χ3n) is 3.60. The average Bonchev–Trinajstić information content (AvgIpc) is 2.82. The molecule has 1 heterocycles. The first-order chi connectivity index (χ1) is 8.74. The number of nitrogens with one attached hydrogen (secondary N) is 1. The lowest BCUT2D eigenvalue weighted by Gasteiger charge is -2.28. The van der Waals surface area contributed by atoms with Crippen LogP contribution in [0.3, 0.4) is 0 Å². The normalized spacial score (nSPS) is 23.4. The summed E-state index contributed by atoms with van der Waals surface area (Å²) in [5.74, 6) is 0. The van der Waals surface area contributed by atoms with Crippen LogP contribution in [0.15, 0.2) is 24.3 Å². The summed E-state index contributed by atoms with van der Waals surface area (Å²) in [7, 11) is 0. The lowest BCUT2D eigenvalue weighted by molar-refractivity contribution is 0.149. The van der Waals surface area contributed by atoms with Crippen molar-refractivity contribution in [2.45, 2.75) is 26.2 Å². The zero-order valence-electron chi connectivity index (χ0n) is 11.0. The second kappa shape index (κ2) is 6.87. The summed E-state index contributed by atoms with van der Waals surface area (Å²) in [6.45, 7) is 6.21. The Kier molecular flexibility index (Phi) is 5.45. The van der Waals surface area contributed by atoms with Crippen molar-refractivity contribution in [3.8, 4) is 0 Å². The van der Waals surface area contributed by atoms with Crippen LogP contribution in [-0.4, -0.2) is 26.3 Å². The number of hydrogen-bond acceptors (Lipinski definition) is 2. The smallest absolute Gasteiger partial charge is 0.0538 e. The van der Waals surface area contributed by atoms with E-state index in [1.165, 1.54) is 22.0 Å². The average molecular weight is 359 g/mol. The standard InChI is InChI=1S/C15H22INO/c1-2-8-17-11-15(7-9-18-12-15)10-13-3-5-14(16)6-4-13/h3-6,17H,2,7-12H2,1H3. The first-order valence-electron chi connectivity index (χ1n) is 6.77. The van der Waals surface area contributed by atoms with Gasteiger partial charge in [0.1, 0.15) is 0 Å². The second-order valence-corrected chi connectivity index (χ2v) is 6.53. The van der Waals surface area contributed by atoms with Crippen molar-refractivity contribution >= 4 is 22.6 Å². The van der Waals surface area contributed by atoms with Crippen molar-refractivity contribution in [1.82, 2.24) is 5.32 Å². The van der Waals surface area contributed by atoms with Crippen molar-refractivity contribution in [2.24, 2.45) is 5.41 Å². The molecule has 1 fully saturated rings. The molecule has 1 aliphatic rings. The van der Waals surface area contributed by atoms with E-state index in [4.69, 9.17) is 4.74 Å². The molecule has 18 heavy (non-hydrogen) atoms. The fourth-order valence-electron chi connectivity index (χ4n) is 2.56. The molecule has 0 spiro atoms. The van der Waals surface area contributed by atoms with E-state index < -0.39 is 0 Å². The van der Waals surface area contributed by atoms with Gasteiger partial charge < -0.3 is 10.1 Å². The second-order valence-electron chi connectivity index (χ2n) is 5.28. The lowest BCUT2D eigenvalue weighted by atomic mass is 9.81. The molecule has 0 amide bonds. The minimum Gasteiger partial charge on any atom is -0.381 e. The van der Waals surface area contributed by atoms with Crippen LogP contribution in [0.4, 0.5) is 0 Å². The predicted molar refractivity (Wildman–Crippen MR) is 83.9 cm³/mol. The molecular formula is C15H22INO. The van der Waals surface area contributed by atoms with Gasteiger partial charge in [-0.05, 0) is 66.1 Å². The summed E-state index contributed by atoms with van der Waals surface area (Å²) in [6, 6.07) is 8.89. The van der Waals surface area contributed by atoms with Gasteiger partial charge >= 0.3 is 0 Å². The minimum atomic E-state index is 0.307. The Balaban J connectivity index is 1.99. The maximum absolute atomic E-state index is 5.65. The number of hydrogen-bond donors (Lipinski definition) is 1. The van der Waals surface area contributed by atoms with Gasteiger partial charge in [0.05, 0.1) is 6.61 Å². The monoisotopic (exact) mass is 359 g/mol. The van der Waals surface area contributed by atoms with E-state index in [-0.39, 0.29) is 0 Å². The fourth-order valence-corrected chi connectivity index (χ4v) is 2.92. The van der Waals surface area contributed by atoms with Gasteiger partial charge in [0.25, 0.3) is 0 Å². The van der Waals surface area contributed by atoms with Crippen LogP contribution < -0.4 is 5.32 Å². The molecule has 1 unspecified atom stereocenters. The maximum Gasteiger partial charge on any atom is 0.0538 e. The lowest BCUT2D eigenvalue weighted by Crippen LogP contribution is -2.37. The van der Waals surface area contributed by atoms with Crippen LogP contribution in [0, 0.1) is 8.99 Å². The number of benzene rings is 1. The van der Waals surface area contributed by atoms with Gasteiger partial charge in [0.15, 0.2) is 0 Å².